The van der Waals surface area contributed by atoms with Gasteiger partial charge in [-0.15, -0.1) is 5.10 Å². The minimum Gasteiger partial charge on any atom is -0.466 e. The van der Waals surface area contributed by atoms with E-state index in [1.54, 1.807) is 12.1 Å². The molecule has 1 aromatic carbocycles. The lowest BCUT2D eigenvalue weighted by atomic mass is 9.92. The Balaban J connectivity index is 1.38. The van der Waals surface area contributed by atoms with Crippen LogP contribution in [-0.4, -0.2) is 57.6 Å². The highest BCUT2D eigenvalue weighted by atomic mass is 16.5. The van der Waals surface area contributed by atoms with Crippen LogP contribution in [-0.2, 0) is 20.8 Å². The van der Waals surface area contributed by atoms with Gasteiger partial charge in [-0.1, -0.05) is 29.8 Å². The largest absolute Gasteiger partial charge is 0.466 e. The molecule has 1 aliphatic heterocycles. The standard InChI is InChI=1S/C24H32N4O4/c1-2-31-23(29)19-11-8-14-27(15-19)16-20-17-28(26-25-20)21-12-6-7-13-22(21)32-24(30)18-9-4-3-5-10-18/h3-5,9-10,17,19,21-22H,2,6-8,11-16H2,1H3/t19?,21-,22-/m1/s1. The minimum atomic E-state index is -0.291. The van der Waals surface area contributed by atoms with Crippen molar-refractivity contribution in [2.24, 2.45) is 5.92 Å². The third-order valence-electron chi connectivity index (χ3n) is 6.34. The molecule has 1 aliphatic carbocycles. The van der Waals surface area contributed by atoms with Crippen molar-refractivity contribution in [3.63, 3.8) is 0 Å². The Labute approximate surface area is 188 Å². The number of carbonyl (C=O) groups is 2. The molecule has 2 aromatic rings. The second-order valence-electron chi connectivity index (χ2n) is 8.68. The van der Waals surface area contributed by atoms with Crippen LogP contribution in [0.15, 0.2) is 36.5 Å². The van der Waals surface area contributed by atoms with E-state index in [0.717, 1.165) is 50.8 Å². The number of likely N-dealkylation sites (tertiary alicyclic amines) is 1. The van der Waals surface area contributed by atoms with Crippen LogP contribution in [0, 0.1) is 5.92 Å². The average molecular weight is 441 g/mol. The van der Waals surface area contributed by atoms with Crippen LogP contribution in [0.25, 0.3) is 0 Å². The summed E-state index contributed by atoms with van der Waals surface area (Å²) in [6.07, 6.45) is 7.44. The molecular weight excluding hydrogens is 408 g/mol. The van der Waals surface area contributed by atoms with Crippen molar-refractivity contribution >= 4 is 11.9 Å². The number of hydrogen-bond donors (Lipinski definition) is 0. The molecule has 172 valence electrons. The Morgan fingerprint density at radius 3 is 2.72 bits per heavy atom. The van der Waals surface area contributed by atoms with Crippen molar-refractivity contribution in [3.8, 4) is 0 Å². The normalized spacial score (nSPS) is 24.1. The second kappa shape index (κ2) is 10.7. The van der Waals surface area contributed by atoms with Gasteiger partial charge in [0, 0.05) is 13.1 Å². The van der Waals surface area contributed by atoms with Crippen LogP contribution < -0.4 is 0 Å². The highest BCUT2D eigenvalue weighted by molar-refractivity contribution is 5.89. The SMILES string of the molecule is CCOC(=O)C1CCCN(Cc2cn([C@@H]3CCCC[C@H]3OC(=O)c3ccccc3)nn2)C1. The Morgan fingerprint density at radius 2 is 1.91 bits per heavy atom. The molecule has 0 amide bonds. The van der Waals surface area contributed by atoms with E-state index in [4.69, 9.17) is 9.47 Å². The molecule has 2 fully saturated rings. The Hall–Kier alpha value is -2.74. The Morgan fingerprint density at radius 1 is 1.09 bits per heavy atom. The molecule has 4 rings (SSSR count). The lowest BCUT2D eigenvalue weighted by Gasteiger charge is -2.31. The summed E-state index contributed by atoms with van der Waals surface area (Å²) in [7, 11) is 0. The fourth-order valence-corrected chi connectivity index (χ4v) is 4.73. The topological polar surface area (TPSA) is 86.5 Å². The third kappa shape index (κ3) is 5.54. The Bertz CT molecular complexity index is 900. The Kier molecular flexibility index (Phi) is 7.52. The van der Waals surface area contributed by atoms with Gasteiger partial charge in [-0.2, -0.15) is 0 Å². The van der Waals surface area contributed by atoms with E-state index < -0.39 is 0 Å². The molecule has 8 nitrogen and oxygen atoms in total. The van der Waals surface area contributed by atoms with Crippen molar-refractivity contribution in [3.05, 3.63) is 47.8 Å². The highest BCUT2D eigenvalue weighted by Crippen LogP contribution is 2.31. The molecule has 0 radical (unpaired) electrons. The van der Waals surface area contributed by atoms with Crippen LogP contribution >= 0.6 is 0 Å². The number of nitrogens with zero attached hydrogens (tertiary/aromatic N) is 4. The zero-order valence-corrected chi connectivity index (χ0v) is 18.7. The van der Waals surface area contributed by atoms with Crippen LogP contribution in [0.4, 0.5) is 0 Å². The van der Waals surface area contributed by atoms with Gasteiger partial charge in [0.15, 0.2) is 0 Å². The van der Waals surface area contributed by atoms with Crippen LogP contribution in [0.1, 0.15) is 67.5 Å². The maximum Gasteiger partial charge on any atom is 0.338 e. The molecule has 0 spiro atoms. The predicted octanol–water partition coefficient (Wildman–Crippen LogP) is 3.39. The molecule has 2 heterocycles. The molecule has 1 aromatic heterocycles. The summed E-state index contributed by atoms with van der Waals surface area (Å²) in [5, 5.41) is 8.75. The van der Waals surface area contributed by atoms with E-state index >= 15 is 0 Å². The van der Waals surface area contributed by atoms with E-state index in [0.29, 0.717) is 25.3 Å². The predicted molar refractivity (Wildman–Crippen MR) is 118 cm³/mol. The molecule has 0 bridgehead atoms. The van der Waals surface area contributed by atoms with E-state index in [2.05, 4.69) is 15.2 Å². The van der Waals surface area contributed by atoms with Crippen LogP contribution in [0.5, 0.6) is 0 Å². The zero-order chi connectivity index (χ0) is 22.3. The van der Waals surface area contributed by atoms with E-state index in [1.165, 1.54) is 0 Å². The number of benzene rings is 1. The summed E-state index contributed by atoms with van der Waals surface area (Å²) in [6, 6.07) is 9.10. The maximum atomic E-state index is 12.6. The fourth-order valence-electron chi connectivity index (χ4n) is 4.73. The van der Waals surface area contributed by atoms with Gasteiger partial charge in [0.05, 0.1) is 36.0 Å². The quantitative estimate of drug-likeness (QED) is 0.610. The number of ether oxygens (including phenoxy) is 2. The number of aromatic nitrogens is 3. The summed E-state index contributed by atoms with van der Waals surface area (Å²) in [5.74, 6) is -0.467. The number of piperidine rings is 1. The molecule has 8 heteroatoms. The molecule has 1 saturated carbocycles. The van der Waals surface area contributed by atoms with Gasteiger partial charge in [0.2, 0.25) is 0 Å². The summed E-state index contributed by atoms with van der Waals surface area (Å²) in [6.45, 7) is 4.53. The van der Waals surface area contributed by atoms with Gasteiger partial charge in [-0.3, -0.25) is 9.69 Å². The van der Waals surface area contributed by atoms with E-state index in [1.807, 2.05) is 36.0 Å². The molecule has 3 atom stereocenters. The number of esters is 2. The smallest absolute Gasteiger partial charge is 0.338 e. The van der Waals surface area contributed by atoms with Crippen molar-refractivity contribution < 1.29 is 19.1 Å². The van der Waals surface area contributed by atoms with E-state index in [-0.39, 0.29) is 30.0 Å². The summed E-state index contributed by atoms with van der Waals surface area (Å²) >= 11 is 0. The molecule has 32 heavy (non-hydrogen) atoms. The van der Waals surface area contributed by atoms with Crippen molar-refractivity contribution in [1.29, 1.82) is 0 Å². The van der Waals surface area contributed by atoms with Gasteiger partial charge < -0.3 is 9.47 Å². The third-order valence-corrected chi connectivity index (χ3v) is 6.34. The molecule has 2 aliphatic rings. The number of rotatable bonds is 7. The van der Waals surface area contributed by atoms with Crippen molar-refractivity contribution in [2.75, 3.05) is 19.7 Å². The van der Waals surface area contributed by atoms with E-state index in [9.17, 15) is 9.59 Å². The summed E-state index contributed by atoms with van der Waals surface area (Å²) in [4.78, 5) is 26.9. The van der Waals surface area contributed by atoms with Gasteiger partial charge in [0.25, 0.3) is 0 Å². The summed E-state index contributed by atoms with van der Waals surface area (Å²) in [5.41, 5.74) is 1.44. The molecule has 0 N–H and O–H groups in total. The van der Waals surface area contributed by atoms with Gasteiger partial charge >= 0.3 is 11.9 Å². The average Bonchev–Trinajstić information content (AvgIpc) is 3.28. The van der Waals surface area contributed by atoms with Crippen LogP contribution in [0.2, 0.25) is 0 Å². The zero-order valence-electron chi connectivity index (χ0n) is 18.7. The van der Waals surface area contributed by atoms with Crippen molar-refractivity contribution in [1.82, 2.24) is 19.9 Å². The number of carbonyl (C=O) groups excluding carboxylic acids is 2. The first kappa shape index (κ1) is 22.5. The molecular formula is C24H32N4O4. The fraction of sp³-hybridized carbons (Fsp3) is 0.583. The summed E-state index contributed by atoms with van der Waals surface area (Å²) < 4.78 is 12.9. The lowest BCUT2D eigenvalue weighted by molar-refractivity contribution is -0.150. The second-order valence-corrected chi connectivity index (χ2v) is 8.68. The lowest BCUT2D eigenvalue weighted by Crippen LogP contribution is -2.39. The van der Waals surface area contributed by atoms with Crippen molar-refractivity contribution in [2.45, 2.75) is 64.1 Å². The minimum absolute atomic E-state index is 0.00806. The molecule has 1 unspecified atom stereocenters. The van der Waals surface area contributed by atoms with Gasteiger partial charge in [0.1, 0.15) is 6.10 Å². The molecule has 1 saturated heterocycles. The van der Waals surface area contributed by atoms with Crippen LogP contribution in [0.3, 0.4) is 0 Å². The van der Waals surface area contributed by atoms with Gasteiger partial charge in [-0.25, -0.2) is 9.48 Å². The maximum absolute atomic E-state index is 12.6. The first-order valence-corrected chi connectivity index (χ1v) is 11.7. The van der Waals surface area contributed by atoms with Gasteiger partial charge in [-0.05, 0) is 57.7 Å². The number of hydrogen-bond acceptors (Lipinski definition) is 7. The monoisotopic (exact) mass is 440 g/mol. The highest BCUT2D eigenvalue weighted by Gasteiger charge is 2.32. The first-order chi connectivity index (χ1) is 15.6. The first-order valence-electron chi connectivity index (χ1n) is 11.7.